The van der Waals surface area contributed by atoms with Crippen LogP contribution in [0.3, 0.4) is 0 Å². The molecule has 0 heterocycles. The molecule has 0 aromatic rings. The van der Waals surface area contributed by atoms with Gasteiger partial charge in [-0.25, -0.2) is 0 Å². The van der Waals surface area contributed by atoms with E-state index < -0.39 is 40.4 Å². The first-order chi connectivity index (χ1) is 5.95. The SMILES string of the molecule is CC1C(=O)C2(C1=O)C(=O)C(C)C2=O. The summed E-state index contributed by atoms with van der Waals surface area (Å²) in [5, 5.41) is 0. The van der Waals surface area contributed by atoms with E-state index in [1.54, 1.807) is 0 Å². The molecule has 2 rings (SSSR count). The average molecular weight is 180 g/mol. The maximum Gasteiger partial charge on any atom is 0.206 e. The average Bonchev–Trinajstić information content (AvgIpc) is 2.16. The van der Waals surface area contributed by atoms with Crippen molar-refractivity contribution in [2.75, 3.05) is 0 Å². The van der Waals surface area contributed by atoms with E-state index in [9.17, 15) is 19.2 Å². The third-order valence-electron chi connectivity index (χ3n) is 3.05. The lowest BCUT2D eigenvalue weighted by Crippen LogP contribution is -2.75. The van der Waals surface area contributed by atoms with Gasteiger partial charge >= 0.3 is 0 Å². The Labute approximate surface area is 74.3 Å². The second-order valence-electron chi connectivity index (χ2n) is 3.65. The summed E-state index contributed by atoms with van der Waals surface area (Å²) < 4.78 is 0. The number of hydrogen-bond donors (Lipinski definition) is 0. The highest BCUT2D eigenvalue weighted by atomic mass is 16.2. The van der Waals surface area contributed by atoms with Gasteiger partial charge in [0.1, 0.15) is 0 Å². The lowest BCUT2D eigenvalue weighted by atomic mass is 9.45. The van der Waals surface area contributed by atoms with Gasteiger partial charge in [0, 0.05) is 0 Å². The van der Waals surface area contributed by atoms with Crippen LogP contribution in [0.5, 0.6) is 0 Å². The number of rotatable bonds is 0. The zero-order chi connectivity index (χ0) is 9.96. The molecule has 0 amide bonds. The lowest BCUT2D eigenvalue weighted by molar-refractivity contribution is -0.178. The van der Waals surface area contributed by atoms with Crippen LogP contribution >= 0.6 is 0 Å². The zero-order valence-corrected chi connectivity index (χ0v) is 7.29. The van der Waals surface area contributed by atoms with Crippen molar-refractivity contribution >= 4 is 23.1 Å². The Morgan fingerprint density at radius 2 is 1.00 bits per heavy atom. The Kier molecular flexibility index (Phi) is 1.24. The molecule has 13 heavy (non-hydrogen) atoms. The third-order valence-corrected chi connectivity index (χ3v) is 3.05. The highest BCUT2D eigenvalue weighted by molar-refractivity contribution is 6.57. The van der Waals surface area contributed by atoms with Gasteiger partial charge < -0.3 is 0 Å². The molecule has 0 bridgehead atoms. The van der Waals surface area contributed by atoms with Crippen molar-refractivity contribution in [3.05, 3.63) is 0 Å². The zero-order valence-electron chi connectivity index (χ0n) is 7.29. The van der Waals surface area contributed by atoms with E-state index in [1.165, 1.54) is 13.8 Å². The molecule has 68 valence electrons. The second-order valence-corrected chi connectivity index (χ2v) is 3.65. The molecule has 0 aliphatic heterocycles. The molecule has 0 aromatic carbocycles. The fraction of sp³-hybridized carbons (Fsp3) is 0.556. The van der Waals surface area contributed by atoms with Gasteiger partial charge in [-0.1, -0.05) is 0 Å². The minimum Gasteiger partial charge on any atom is -0.297 e. The van der Waals surface area contributed by atoms with Crippen molar-refractivity contribution in [1.29, 1.82) is 0 Å². The molecular weight excluding hydrogens is 172 g/mol. The molecule has 2 saturated carbocycles. The van der Waals surface area contributed by atoms with Crippen LogP contribution in [-0.2, 0) is 19.2 Å². The van der Waals surface area contributed by atoms with Crippen molar-refractivity contribution in [3.8, 4) is 0 Å². The van der Waals surface area contributed by atoms with Crippen molar-refractivity contribution in [1.82, 2.24) is 0 Å². The monoisotopic (exact) mass is 180 g/mol. The molecule has 2 aliphatic carbocycles. The predicted molar refractivity (Wildman–Crippen MR) is 40.8 cm³/mol. The smallest absolute Gasteiger partial charge is 0.206 e. The van der Waals surface area contributed by atoms with Crippen molar-refractivity contribution in [2.45, 2.75) is 13.8 Å². The molecule has 0 aromatic heterocycles. The van der Waals surface area contributed by atoms with Gasteiger partial charge in [-0.3, -0.25) is 19.2 Å². The first-order valence-corrected chi connectivity index (χ1v) is 4.13. The first-order valence-electron chi connectivity index (χ1n) is 4.13. The molecular formula is C9H8O4. The molecule has 0 N–H and O–H groups in total. The molecule has 0 atom stereocenters. The van der Waals surface area contributed by atoms with Crippen molar-refractivity contribution in [3.63, 3.8) is 0 Å². The molecule has 2 aliphatic rings. The van der Waals surface area contributed by atoms with E-state index in [1.807, 2.05) is 0 Å². The molecule has 4 nitrogen and oxygen atoms in total. The first kappa shape index (κ1) is 8.29. The standard InChI is InChI=1S/C9H8O4/c1-3-5(10)9(6(3)11)7(12)4(2)8(9)13/h3-4H,1-2H3. The second kappa shape index (κ2) is 1.95. The van der Waals surface area contributed by atoms with Gasteiger partial charge in [-0.15, -0.1) is 0 Å². The number of carbonyl (C=O) groups excluding carboxylic acids is 4. The lowest BCUT2D eigenvalue weighted by Gasteiger charge is -2.48. The fourth-order valence-electron chi connectivity index (χ4n) is 2.11. The molecule has 4 heteroatoms. The van der Waals surface area contributed by atoms with Crippen LogP contribution in [0.1, 0.15) is 13.8 Å². The van der Waals surface area contributed by atoms with Gasteiger partial charge in [-0.05, 0) is 13.8 Å². The van der Waals surface area contributed by atoms with Crippen molar-refractivity contribution < 1.29 is 19.2 Å². The van der Waals surface area contributed by atoms with Gasteiger partial charge in [-0.2, -0.15) is 0 Å². The Morgan fingerprint density at radius 3 is 1.23 bits per heavy atom. The van der Waals surface area contributed by atoms with E-state index in [-0.39, 0.29) is 0 Å². The van der Waals surface area contributed by atoms with Crippen LogP contribution in [0, 0.1) is 17.3 Å². The Bertz CT molecular complexity index is 294. The van der Waals surface area contributed by atoms with Crippen LogP contribution in [0.15, 0.2) is 0 Å². The Morgan fingerprint density at radius 1 is 0.769 bits per heavy atom. The summed E-state index contributed by atoms with van der Waals surface area (Å²) >= 11 is 0. The summed E-state index contributed by atoms with van der Waals surface area (Å²) in [6.45, 7) is 2.86. The minimum absolute atomic E-state index is 0.509. The number of Topliss-reactive ketones (excluding diaryl/α,β-unsaturated/α-hetero) is 4. The van der Waals surface area contributed by atoms with Crippen LogP contribution in [0.25, 0.3) is 0 Å². The van der Waals surface area contributed by atoms with E-state index >= 15 is 0 Å². The fourth-order valence-corrected chi connectivity index (χ4v) is 2.11. The Hall–Kier alpha value is -1.32. The summed E-state index contributed by atoms with van der Waals surface area (Å²) in [4.78, 5) is 45.1. The van der Waals surface area contributed by atoms with Crippen molar-refractivity contribution in [2.24, 2.45) is 17.3 Å². The minimum atomic E-state index is -1.83. The molecule has 0 unspecified atom stereocenters. The molecule has 0 radical (unpaired) electrons. The summed E-state index contributed by atoms with van der Waals surface area (Å²) in [7, 11) is 0. The van der Waals surface area contributed by atoms with Crippen LogP contribution < -0.4 is 0 Å². The van der Waals surface area contributed by atoms with Gasteiger partial charge in [0.2, 0.25) is 5.41 Å². The summed E-state index contributed by atoms with van der Waals surface area (Å²) in [5.41, 5.74) is -1.83. The highest BCUT2D eigenvalue weighted by Gasteiger charge is 2.77. The topological polar surface area (TPSA) is 68.3 Å². The van der Waals surface area contributed by atoms with Gasteiger partial charge in [0.15, 0.2) is 23.1 Å². The molecule has 0 saturated heterocycles. The summed E-state index contributed by atoms with van der Waals surface area (Å²) in [6, 6.07) is 0. The van der Waals surface area contributed by atoms with Crippen LogP contribution in [-0.4, -0.2) is 23.1 Å². The van der Waals surface area contributed by atoms with Crippen LogP contribution in [0.2, 0.25) is 0 Å². The predicted octanol–water partition coefficient (Wildman–Crippen LogP) is -0.451. The van der Waals surface area contributed by atoms with Gasteiger partial charge in [0.25, 0.3) is 0 Å². The summed E-state index contributed by atoms with van der Waals surface area (Å²) in [6.07, 6.45) is 0. The normalized spacial score (nSPS) is 43.5. The number of hydrogen-bond acceptors (Lipinski definition) is 4. The van der Waals surface area contributed by atoms with E-state index in [4.69, 9.17) is 0 Å². The van der Waals surface area contributed by atoms with E-state index in [0.29, 0.717) is 0 Å². The maximum atomic E-state index is 11.3. The summed E-state index contributed by atoms with van der Waals surface area (Å²) in [5.74, 6) is -3.56. The third kappa shape index (κ3) is 0.538. The largest absolute Gasteiger partial charge is 0.297 e. The highest BCUT2D eigenvalue weighted by Crippen LogP contribution is 2.49. The molecule has 1 spiro atoms. The quantitative estimate of drug-likeness (QED) is 0.473. The number of ketones is 4. The van der Waals surface area contributed by atoms with E-state index in [0.717, 1.165) is 0 Å². The van der Waals surface area contributed by atoms with Gasteiger partial charge in [0.05, 0.1) is 11.8 Å². The Balaban J connectivity index is 2.46. The van der Waals surface area contributed by atoms with Crippen LogP contribution in [0.4, 0.5) is 0 Å². The molecule has 2 fully saturated rings. The maximum absolute atomic E-state index is 11.3. The van der Waals surface area contributed by atoms with E-state index in [2.05, 4.69) is 0 Å². The number of carbonyl (C=O) groups is 4.